The molecular weight excluding hydrogens is 489 g/mol. The van der Waals surface area contributed by atoms with Crippen LogP contribution in [0.3, 0.4) is 0 Å². The Hall–Kier alpha value is -3.97. The van der Waals surface area contributed by atoms with Crippen LogP contribution in [-0.4, -0.2) is 35.7 Å². The Morgan fingerprint density at radius 3 is 2.57 bits per heavy atom. The number of hydrogen-bond acceptors (Lipinski definition) is 7. The van der Waals surface area contributed by atoms with Crippen LogP contribution in [0, 0.1) is 6.92 Å². The van der Waals surface area contributed by atoms with Crippen LogP contribution in [-0.2, 0) is 22.8 Å². The third-order valence-corrected chi connectivity index (χ3v) is 6.12. The lowest BCUT2D eigenvalue weighted by Gasteiger charge is -2.12. The normalized spacial score (nSPS) is 12.0. The largest absolute Gasteiger partial charge is 0.505 e. The molecule has 0 spiro atoms. The van der Waals surface area contributed by atoms with Gasteiger partial charge in [0.05, 0.1) is 29.0 Å². The fourth-order valence-electron chi connectivity index (χ4n) is 2.92. The van der Waals surface area contributed by atoms with Crippen LogP contribution in [0.25, 0.3) is 0 Å². The summed E-state index contributed by atoms with van der Waals surface area (Å²) in [5.74, 6) is -1.03. The molecule has 9 nitrogen and oxygen atoms in total. The number of halogens is 3. The number of nitrogens with one attached hydrogen (secondary N) is 2. The van der Waals surface area contributed by atoms with Crippen molar-refractivity contribution in [2.75, 3.05) is 4.72 Å². The Kier molecular flexibility index (Phi) is 7.41. The summed E-state index contributed by atoms with van der Waals surface area (Å²) in [6.45, 7) is 1.10. The van der Waals surface area contributed by atoms with E-state index in [0.717, 1.165) is 30.5 Å². The van der Waals surface area contributed by atoms with Crippen LogP contribution in [0.2, 0.25) is 0 Å². The molecule has 0 fully saturated rings. The number of anilines is 1. The summed E-state index contributed by atoms with van der Waals surface area (Å²) in [5.41, 5.74) is 1.43. The molecule has 1 heterocycles. The highest BCUT2D eigenvalue weighted by Crippen LogP contribution is 2.31. The number of aliphatic hydroxyl groups excluding tert-OH is 1. The molecule has 0 atom stereocenters. The standard InChI is InChI=1S/C22H19F3N4O5S/c1-13-20(31)19(15(12-30)10-26-13)11-27-28-21(32)14-4-2-7-18(8-14)35(33,34)29-17-6-3-5-16(9-17)22(23,24)25/h2-11,29-31H,12H2,1H3,(H,28,32). The number of aliphatic hydroxyl groups is 1. The zero-order valence-corrected chi connectivity index (χ0v) is 18.9. The molecule has 1 amide bonds. The summed E-state index contributed by atoms with van der Waals surface area (Å²) in [6, 6.07) is 8.46. The molecule has 0 radical (unpaired) electrons. The molecule has 0 aliphatic carbocycles. The summed E-state index contributed by atoms with van der Waals surface area (Å²) >= 11 is 0. The van der Waals surface area contributed by atoms with E-state index in [-0.39, 0.29) is 38.7 Å². The molecule has 3 aromatic rings. The molecule has 1 aromatic heterocycles. The SMILES string of the molecule is Cc1ncc(CO)c(C=NNC(=O)c2cccc(S(=O)(=O)Nc3cccc(C(F)(F)F)c3)c2)c1O. The average Bonchev–Trinajstić information content (AvgIpc) is 2.81. The fourth-order valence-corrected chi connectivity index (χ4v) is 4.01. The lowest BCUT2D eigenvalue weighted by atomic mass is 10.1. The van der Waals surface area contributed by atoms with E-state index in [1.165, 1.54) is 31.3 Å². The van der Waals surface area contributed by atoms with Crippen LogP contribution in [0.15, 0.2) is 64.7 Å². The van der Waals surface area contributed by atoms with Gasteiger partial charge in [0.2, 0.25) is 0 Å². The highest BCUT2D eigenvalue weighted by Gasteiger charge is 2.30. The third-order valence-electron chi connectivity index (χ3n) is 4.74. The number of alkyl halides is 3. The van der Waals surface area contributed by atoms with E-state index >= 15 is 0 Å². The molecule has 3 rings (SSSR count). The molecule has 0 aliphatic heterocycles. The number of aromatic nitrogens is 1. The highest BCUT2D eigenvalue weighted by molar-refractivity contribution is 7.92. The van der Waals surface area contributed by atoms with Crippen LogP contribution in [0.4, 0.5) is 18.9 Å². The van der Waals surface area contributed by atoms with Gasteiger partial charge >= 0.3 is 6.18 Å². The second kappa shape index (κ2) is 10.1. The van der Waals surface area contributed by atoms with Gasteiger partial charge in [-0.05, 0) is 43.3 Å². The number of hydrogen-bond donors (Lipinski definition) is 4. The maximum Gasteiger partial charge on any atom is 0.416 e. The quantitative estimate of drug-likeness (QED) is 0.285. The second-order valence-electron chi connectivity index (χ2n) is 7.20. The number of sulfonamides is 1. The molecule has 0 saturated heterocycles. The maximum absolute atomic E-state index is 12.9. The van der Waals surface area contributed by atoms with E-state index in [1.54, 1.807) is 0 Å². The summed E-state index contributed by atoms with van der Waals surface area (Å²) in [6.07, 6.45) is -2.21. The van der Waals surface area contributed by atoms with Crippen LogP contribution >= 0.6 is 0 Å². The first kappa shape index (κ1) is 25.6. The second-order valence-corrected chi connectivity index (χ2v) is 8.88. The van der Waals surface area contributed by atoms with Crippen molar-refractivity contribution < 1.29 is 36.6 Å². The van der Waals surface area contributed by atoms with Crippen LogP contribution in [0.5, 0.6) is 5.75 Å². The summed E-state index contributed by atoms with van der Waals surface area (Å²) in [7, 11) is -4.32. The Labute approximate surface area is 198 Å². The monoisotopic (exact) mass is 508 g/mol. The number of rotatable bonds is 7. The predicted molar refractivity (Wildman–Crippen MR) is 120 cm³/mol. The molecule has 2 aromatic carbocycles. The predicted octanol–water partition coefficient (Wildman–Crippen LogP) is 3.17. The number of hydrazone groups is 1. The molecule has 184 valence electrons. The van der Waals surface area contributed by atoms with Crippen LogP contribution < -0.4 is 10.1 Å². The molecule has 13 heteroatoms. The van der Waals surface area contributed by atoms with Gasteiger partial charge in [0.15, 0.2) is 0 Å². The minimum absolute atomic E-state index is 0.105. The van der Waals surface area contributed by atoms with Crippen molar-refractivity contribution in [1.82, 2.24) is 10.4 Å². The maximum atomic E-state index is 12.9. The van der Waals surface area contributed by atoms with Gasteiger partial charge in [-0.3, -0.25) is 14.5 Å². The van der Waals surface area contributed by atoms with E-state index in [4.69, 9.17) is 0 Å². The molecule has 0 unspecified atom stereocenters. The fraction of sp³-hybridized carbons (Fsp3) is 0.136. The zero-order chi connectivity index (χ0) is 25.8. The topological polar surface area (TPSA) is 141 Å². The number of carbonyl (C=O) groups is 1. The first-order chi connectivity index (χ1) is 16.4. The van der Waals surface area contributed by atoms with E-state index < -0.39 is 34.3 Å². The number of carbonyl (C=O) groups excluding carboxylic acids is 1. The van der Waals surface area contributed by atoms with E-state index in [9.17, 15) is 36.6 Å². The van der Waals surface area contributed by atoms with Crippen molar-refractivity contribution in [3.8, 4) is 5.75 Å². The van der Waals surface area contributed by atoms with Crippen molar-refractivity contribution in [2.45, 2.75) is 24.6 Å². The molecule has 35 heavy (non-hydrogen) atoms. The zero-order valence-electron chi connectivity index (χ0n) is 18.0. The highest BCUT2D eigenvalue weighted by atomic mass is 32.2. The van der Waals surface area contributed by atoms with Gasteiger partial charge in [0.1, 0.15) is 5.75 Å². The smallest absolute Gasteiger partial charge is 0.416 e. The molecule has 4 N–H and O–H groups in total. The van der Waals surface area contributed by atoms with Crippen molar-refractivity contribution in [1.29, 1.82) is 0 Å². The van der Waals surface area contributed by atoms with Gasteiger partial charge in [-0.1, -0.05) is 12.1 Å². The summed E-state index contributed by atoms with van der Waals surface area (Å²) in [5, 5.41) is 23.2. The van der Waals surface area contributed by atoms with E-state index in [0.29, 0.717) is 6.07 Å². The molecule has 0 aliphatic rings. The van der Waals surface area contributed by atoms with Gasteiger partial charge in [0, 0.05) is 28.6 Å². The number of amides is 1. The Bertz CT molecular complexity index is 1390. The number of benzene rings is 2. The van der Waals surface area contributed by atoms with Gasteiger partial charge in [-0.2, -0.15) is 18.3 Å². The van der Waals surface area contributed by atoms with Crippen molar-refractivity contribution in [2.24, 2.45) is 5.10 Å². The third kappa shape index (κ3) is 6.13. The molecule has 0 saturated carbocycles. The number of nitrogens with zero attached hydrogens (tertiary/aromatic N) is 2. The van der Waals surface area contributed by atoms with E-state index in [2.05, 4.69) is 20.2 Å². The first-order valence-electron chi connectivity index (χ1n) is 9.84. The van der Waals surface area contributed by atoms with Gasteiger partial charge in [-0.15, -0.1) is 0 Å². The van der Waals surface area contributed by atoms with Crippen molar-refractivity contribution in [3.05, 3.63) is 82.7 Å². The molecular formula is C22H19F3N4O5S. The van der Waals surface area contributed by atoms with Crippen molar-refractivity contribution >= 4 is 27.8 Å². The molecule has 0 bridgehead atoms. The van der Waals surface area contributed by atoms with E-state index in [1.807, 2.05) is 0 Å². The Balaban J connectivity index is 1.78. The number of aromatic hydroxyl groups is 1. The number of pyridine rings is 1. The van der Waals surface area contributed by atoms with Gasteiger partial charge in [0.25, 0.3) is 15.9 Å². The van der Waals surface area contributed by atoms with Crippen molar-refractivity contribution in [3.63, 3.8) is 0 Å². The van der Waals surface area contributed by atoms with Crippen LogP contribution in [0.1, 0.15) is 32.7 Å². The van der Waals surface area contributed by atoms with Gasteiger partial charge in [-0.25, -0.2) is 13.8 Å². The minimum Gasteiger partial charge on any atom is -0.505 e. The Morgan fingerprint density at radius 1 is 1.17 bits per heavy atom. The lowest BCUT2D eigenvalue weighted by molar-refractivity contribution is -0.137. The first-order valence-corrected chi connectivity index (χ1v) is 11.3. The minimum atomic E-state index is -4.65. The lowest BCUT2D eigenvalue weighted by Crippen LogP contribution is -2.19. The summed E-state index contributed by atoms with van der Waals surface area (Å²) < 4.78 is 66.1. The van der Waals surface area contributed by atoms with Gasteiger partial charge < -0.3 is 10.2 Å². The number of aryl methyl sites for hydroxylation is 1. The average molecular weight is 508 g/mol. The Morgan fingerprint density at radius 2 is 1.89 bits per heavy atom. The summed E-state index contributed by atoms with van der Waals surface area (Å²) in [4.78, 5) is 16.0.